The molecule has 3 fully saturated rings. The second kappa shape index (κ2) is 3.70. The number of carbonyl (C=O) groups excluding carboxylic acids is 1. The molecule has 3 aliphatic carbocycles. The molecule has 0 aliphatic heterocycles. The number of carbonyl (C=O) groups is 1. The average molecular weight is 234 g/mol. The lowest BCUT2D eigenvalue weighted by Gasteiger charge is -2.62. The molecule has 0 radical (unpaired) electrons. The van der Waals surface area contributed by atoms with E-state index >= 15 is 0 Å². The predicted octanol–water partition coefficient (Wildman–Crippen LogP) is 4.23. The fraction of sp³-hybridized carbons (Fsp3) is 0.812. The lowest BCUT2D eigenvalue weighted by atomic mass is 9.41. The van der Waals surface area contributed by atoms with Crippen molar-refractivity contribution in [3.63, 3.8) is 0 Å². The van der Waals surface area contributed by atoms with Gasteiger partial charge in [0.15, 0.2) is 0 Å². The van der Waals surface area contributed by atoms with Gasteiger partial charge in [-0.15, -0.1) is 6.58 Å². The van der Waals surface area contributed by atoms with Gasteiger partial charge in [0.1, 0.15) is 5.78 Å². The molecule has 0 saturated heterocycles. The van der Waals surface area contributed by atoms with E-state index in [0.29, 0.717) is 17.6 Å². The van der Waals surface area contributed by atoms with Gasteiger partial charge >= 0.3 is 0 Å². The topological polar surface area (TPSA) is 17.1 Å². The molecule has 3 aliphatic rings. The molecule has 2 unspecified atom stereocenters. The molecule has 0 aromatic carbocycles. The molecule has 0 heterocycles. The van der Waals surface area contributed by atoms with Crippen LogP contribution < -0.4 is 0 Å². The molecule has 96 valence electrons. The normalized spacial score (nSPS) is 40.6. The predicted molar refractivity (Wildman–Crippen MR) is 71.7 cm³/mol. The summed E-state index contributed by atoms with van der Waals surface area (Å²) < 4.78 is 0. The van der Waals surface area contributed by atoms with Crippen molar-refractivity contribution in [3.05, 3.63) is 12.2 Å². The Morgan fingerprint density at radius 2 is 2.06 bits per heavy atom. The minimum Gasteiger partial charge on any atom is -0.299 e. The Bertz CT molecular complexity index is 366. The zero-order valence-corrected chi connectivity index (χ0v) is 12.0. The Morgan fingerprint density at radius 1 is 1.47 bits per heavy atom. The van der Waals surface area contributed by atoms with Gasteiger partial charge in [-0.05, 0) is 43.4 Å². The van der Waals surface area contributed by atoms with Crippen molar-refractivity contribution < 1.29 is 4.79 Å². The first-order chi connectivity index (χ1) is 7.69. The Hall–Kier alpha value is -0.590. The number of hydrogen-bond donors (Lipinski definition) is 0. The second-order valence-electron chi connectivity index (χ2n) is 7.35. The first kappa shape index (κ1) is 12.9. The van der Waals surface area contributed by atoms with E-state index in [1.54, 1.807) is 0 Å². The zero-order chi connectivity index (χ0) is 13.0. The third-order valence-electron chi connectivity index (χ3n) is 5.76. The van der Waals surface area contributed by atoms with Crippen molar-refractivity contribution in [1.82, 2.24) is 0 Å². The fourth-order valence-corrected chi connectivity index (χ4v) is 4.01. The van der Waals surface area contributed by atoms with Crippen molar-refractivity contribution in [2.24, 2.45) is 28.6 Å². The van der Waals surface area contributed by atoms with Gasteiger partial charge in [-0.2, -0.15) is 0 Å². The number of Topliss-reactive ketones (excluding diaryl/α,β-unsaturated/α-hetero) is 1. The van der Waals surface area contributed by atoms with Gasteiger partial charge in [-0.3, -0.25) is 4.79 Å². The van der Waals surface area contributed by atoms with E-state index in [9.17, 15) is 4.79 Å². The average Bonchev–Trinajstić information content (AvgIpc) is 2.20. The second-order valence-corrected chi connectivity index (χ2v) is 7.35. The number of rotatable bonds is 3. The van der Waals surface area contributed by atoms with E-state index in [1.165, 1.54) is 5.57 Å². The molecule has 0 aromatic heterocycles. The van der Waals surface area contributed by atoms with Gasteiger partial charge in [-0.25, -0.2) is 0 Å². The van der Waals surface area contributed by atoms with E-state index in [2.05, 4.69) is 41.2 Å². The lowest BCUT2D eigenvalue weighted by molar-refractivity contribution is -0.172. The van der Waals surface area contributed by atoms with Crippen molar-refractivity contribution in [2.75, 3.05) is 0 Å². The minimum absolute atomic E-state index is 0.0952. The molecular formula is C16H26O. The summed E-state index contributed by atoms with van der Waals surface area (Å²) in [6.45, 7) is 15.0. The molecular weight excluding hydrogens is 208 g/mol. The van der Waals surface area contributed by atoms with Gasteiger partial charge < -0.3 is 0 Å². The Labute approximate surface area is 106 Å². The van der Waals surface area contributed by atoms with Crippen molar-refractivity contribution in [1.29, 1.82) is 0 Å². The molecule has 3 rings (SSSR count). The zero-order valence-electron chi connectivity index (χ0n) is 12.0. The molecule has 0 spiro atoms. The van der Waals surface area contributed by atoms with Crippen molar-refractivity contribution in [2.45, 2.75) is 53.9 Å². The van der Waals surface area contributed by atoms with Gasteiger partial charge in [0, 0.05) is 11.3 Å². The Morgan fingerprint density at radius 3 is 2.47 bits per heavy atom. The van der Waals surface area contributed by atoms with Crippen LogP contribution in [-0.4, -0.2) is 5.78 Å². The maximum Gasteiger partial charge on any atom is 0.142 e. The minimum atomic E-state index is -0.0952. The summed E-state index contributed by atoms with van der Waals surface area (Å²) in [7, 11) is 0. The third kappa shape index (κ3) is 1.70. The number of hydrogen-bond acceptors (Lipinski definition) is 1. The number of allylic oxidation sites excluding steroid dienone is 1. The standard InChI is InChI=1S/C16H26O/c1-10(2)7-11(3)16(6)9-12-8-13(14(16)17)15(12,4)5/h11-13H,1,7-9H2,2-6H3/t11-,12?,13?,16+/m1/s1. The maximum absolute atomic E-state index is 12.7. The summed E-state index contributed by atoms with van der Waals surface area (Å²) >= 11 is 0. The first-order valence-electron chi connectivity index (χ1n) is 6.88. The van der Waals surface area contributed by atoms with Crippen LogP contribution >= 0.6 is 0 Å². The summed E-state index contributed by atoms with van der Waals surface area (Å²) in [5.41, 5.74) is 1.37. The largest absolute Gasteiger partial charge is 0.299 e. The van der Waals surface area contributed by atoms with E-state index in [-0.39, 0.29) is 10.8 Å². The molecule has 0 aromatic rings. The Balaban J connectivity index is 2.19. The maximum atomic E-state index is 12.7. The fourth-order valence-electron chi connectivity index (χ4n) is 4.01. The van der Waals surface area contributed by atoms with Crippen LogP contribution in [0.3, 0.4) is 0 Å². The highest BCUT2D eigenvalue weighted by molar-refractivity contribution is 5.90. The van der Waals surface area contributed by atoms with Crippen molar-refractivity contribution in [3.8, 4) is 0 Å². The molecule has 0 N–H and O–H groups in total. The van der Waals surface area contributed by atoms with Gasteiger partial charge in [-0.1, -0.05) is 33.3 Å². The van der Waals surface area contributed by atoms with E-state index in [1.807, 2.05) is 0 Å². The van der Waals surface area contributed by atoms with Crippen LogP contribution in [0.15, 0.2) is 12.2 Å². The molecule has 2 bridgehead atoms. The highest BCUT2D eigenvalue weighted by atomic mass is 16.1. The van der Waals surface area contributed by atoms with Gasteiger partial charge in [0.25, 0.3) is 0 Å². The summed E-state index contributed by atoms with van der Waals surface area (Å²) in [4.78, 5) is 12.7. The quantitative estimate of drug-likeness (QED) is 0.668. The molecule has 1 heteroatoms. The van der Waals surface area contributed by atoms with Crippen LogP contribution in [0.5, 0.6) is 0 Å². The summed E-state index contributed by atoms with van der Waals surface area (Å²) in [6, 6.07) is 0. The number of ketones is 1. The van der Waals surface area contributed by atoms with Crippen LogP contribution in [0.4, 0.5) is 0 Å². The molecule has 17 heavy (non-hydrogen) atoms. The van der Waals surface area contributed by atoms with E-state index in [0.717, 1.165) is 25.2 Å². The smallest absolute Gasteiger partial charge is 0.142 e. The highest BCUT2D eigenvalue weighted by Crippen LogP contribution is 2.64. The van der Waals surface area contributed by atoms with Crippen molar-refractivity contribution >= 4 is 5.78 Å². The summed E-state index contributed by atoms with van der Waals surface area (Å²) in [5, 5.41) is 0. The first-order valence-corrected chi connectivity index (χ1v) is 6.88. The molecule has 4 atom stereocenters. The molecule has 0 amide bonds. The third-order valence-corrected chi connectivity index (χ3v) is 5.76. The monoisotopic (exact) mass is 234 g/mol. The molecule has 1 nitrogen and oxygen atoms in total. The van der Waals surface area contributed by atoms with Crippen LogP contribution in [0, 0.1) is 28.6 Å². The summed E-state index contributed by atoms with van der Waals surface area (Å²) in [6.07, 6.45) is 3.22. The molecule has 3 saturated carbocycles. The van der Waals surface area contributed by atoms with Gasteiger partial charge in [0.05, 0.1) is 0 Å². The van der Waals surface area contributed by atoms with Crippen LogP contribution in [0.1, 0.15) is 53.9 Å². The van der Waals surface area contributed by atoms with Crippen LogP contribution in [0.25, 0.3) is 0 Å². The van der Waals surface area contributed by atoms with E-state index in [4.69, 9.17) is 0 Å². The summed E-state index contributed by atoms with van der Waals surface area (Å²) in [5.74, 6) is 2.04. The van der Waals surface area contributed by atoms with E-state index < -0.39 is 0 Å². The van der Waals surface area contributed by atoms with Gasteiger partial charge in [0.2, 0.25) is 0 Å². The Kier molecular flexibility index (Phi) is 2.80. The van der Waals surface area contributed by atoms with Crippen LogP contribution in [0.2, 0.25) is 0 Å². The highest BCUT2D eigenvalue weighted by Gasteiger charge is 2.62. The lowest BCUT2D eigenvalue weighted by Crippen LogP contribution is -2.61. The number of fused-ring (bicyclic) bond motifs is 2. The SMILES string of the molecule is C=C(C)C[C@@H](C)[C@]1(C)CC2CC(C1=O)C2(C)C. The van der Waals surface area contributed by atoms with Crippen LogP contribution in [-0.2, 0) is 4.79 Å².